The molecule has 1 N–H and O–H groups in total. The molecule has 2 nitrogen and oxygen atoms in total. The number of ether oxygens (including phenoxy) is 1. The maximum atomic E-state index is 9.33. The molecule has 0 radical (unpaired) electrons. The van der Waals surface area contributed by atoms with Crippen molar-refractivity contribution in [3.05, 3.63) is 29.8 Å². The minimum absolute atomic E-state index is 0.108. The topological polar surface area (TPSA) is 29.5 Å². The van der Waals surface area contributed by atoms with Gasteiger partial charge in [0.1, 0.15) is 5.75 Å². The fraction of sp³-hybridized carbons (Fsp3) is 0.769. The van der Waals surface area contributed by atoms with Crippen molar-refractivity contribution in [1.29, 1.82) is 0 Å². The van der Waals surface area contributed by atoms with Crippen molar-refractivity contribution >= 4 is 0 Å². The molecule has 1 aromatic rings. The summed E-state index contributed by atoms with van der Waals surface area (Å²) in [6, 6.07) is 7.33. The summed E-state index contributed by atoms with van der Waals surface area (Å²) in [5.74, 6) is 0.314. The molecule has 2 heteroatoms. The van der Waals surface area contributed by atoms with Gasteiger partial charge in [-0.25, -0.2) is 0 Å². The number of hydrogen-bond acceptors (Lipinski definition) is 2. The van der Waals surface area contributed by atoms with Crippen LogP contribution in [-0.4, -0.2) is 11.7 Å². The Balaban J connectivity index is 1.78. The highest BCUT2D eigenvalue weighted by molar-refractivity contribution is 5.27. The molecule has 0 saturated carbocycles. The normalized spacial score (nSPS) is 12.4. The molecule has 0 fully saturated rings. The fourth-order valence-electron chi connectivity index (χ4n) is 3.75. The van der Waals surface area contributed by atoms with E-state index in [-0.39, 0.29) is 6.10 Å². The van der Waals surface area contributed by atoms with Crippen LogP contribution >= 0.6 is 0 Å². The van der Waals surface area contributed by atoms with Gasteiger partial charge in [0.2, 0.25) is 0 Å². The van der Waals surface area contributed by atoms with Gasteiger partial charge in [0.05, 0.1) is 6.10 Å². The summed E-state index contributed by atoms with van der Waals surface area (Å²) in [5, 5.41) is 9.33. The van der Waals surface area contributed by atoms with Crippen LogP contribution in [0.4, 0.5) is 0 Å². The Hall–Kier alpha value is -1.02. The van der Waals surface area contributed by atoms with Gasteiger partial charge in [-0.1, -0.05) is 115 Å². The average molecular weight is 391 g/mol. The van der Waals surface area contributed by atoms with E-state index in [1.165, 1.54) is 96.3 Å². The van der Waals surface area contributed by atoms with Gasteiger partial charge < -0.3 is 9.84 Å². The molecule has 0 spiro atoms. The highest BCUT2D eigenvalue weighted by Gasteiger charge is 2.05. The van der Waals surface area contributed by atoms with Gasteiger partial charge in [-0.15, -0.1) is 0 Å². The second kappa shape index (κ2) is 18.0. The number of hydrogen-bond donors (Lipinski definition) is 1. The lowest BCUT2D eigenvalue weighted by Crippen LogP contribution is -2.01. The van der Waals surface area contributed by atoms with E-state index in [1.54, 1.807) is 12.1 Å². The molecule has 0 aliphatic heterocycles. The van der Waals surface area contributed by atoms with E-state index in [9.17, 15) is 5.11 Å². The molecule has 0 aliphatic rings. The predicted molar refractivity (Wildman–Crippen MR) is 122 cm³/mol. The van der Waals surface area contributed by atoms with E-state index in [1.807, 2.05) is 12.1 Å². The van der Waals surface area contributed by atoms with E-state index in [0.717, 1.165) is 18.6 Å². The predicted octanol–water partition coefficient (Wildman–Crippen LogP) is 8.73. The Morgan fingerprint density at radius 2 is 1.04 bits per heavy atom. The summed E-state index contributed by atoms with van der Waals surface area (Å²) < 4.78 is 5.91. The standard InChI is InChI=1S/C26H46O2/c1-3-4-5-6-7-8-9-10-11-12-13-14-15-16-17-18-23-28-24(2)25-19-21-26(27)22-20-25/h19-22,24,27H,3-18,23H2,1-2H3. The maximum absolute atomic E-state index is 9.33. The SMILES string of the molecule is CCCCCCCCCCCCCCCCCCOC(C)c1ccc(O)cc1. The van der Waals surface area contributed by atoms with Gasteiger partial charge in [-0.2, -0.15) is 0 Å². The van der Waals surface area contributed by atoms with E-state index in [4.69, 9.17) is 4.74 Å². The van der Waals surface area contributed by atoms with Gasteiger partial charge in [0, 0.05) is 6.61 Å². The fourth-order valence-corrected chi connectivity index (χ4v) is 3.75. The Labute approximate surface area is 175 Å². The van der Waals surface area contributed by atoms with Crippen LogP contribution in [0.15, 0.2) is 24.3 Å². The van der Waals surface area contributed by atoms with Gasteiger partial charge in [0.15, 0.2) is 0 Å². The lowest BCUT2D eigenvalue weighted by molar-refractivity contribution is 0.0627. The first-order valence-corrected chi connectivity index (χ1v) is 12.1. The van der Waals surface area contributed by atoms with Crippen LogP contribution in [0.1, 0.15) is 128 Å². The highest BCUT2D eigenvalue weighted by Crippen LogP contribution is 2.20. The van der Waals surface area contributed by atoms with Crippen LogP contribution in [0.25, 0.3) is 0 Å². The Bertz CT molecular complexity index is 440. The van der Waals surface area contributed by atoms with Crippen LogP contribution in [0.5, 0.6) is 5.75 Å². The average Bonchev–Trinajstić information content (AvgIpc) is 2.70. The number of benzene rings is 1. The van der Waals surface area contributed by atoms with Gasteiger partial charge >= 0.3 is 0 Å². The van der Waals surface area contributed by atoms with E-state index < -0.39 is 0 Å². The van der Waals surface area contributed by atoms with Crippen LogP contribution in [0.3, 0.4) is 0 Å². The maximum Gasteiger partial charge on any atom is 0.115 e. The second-order valence-corrected chi connectivity index (χ2v) is 8.41. The molecule has 0 aromatic heterocycles. The molecule has 0 amide bonds. The molecule has 0 aliphatic carbocycles. The minimum atomic E-state index is 0.108. The molecule has 1 atom stereocenters. The van der Waals surface area contributed by atoms with Crippen molar-refractivity contribution < 1.29 is 9.84 Å². The monoisotopic (exact) mass is 390 g/mol. The third kappa shape index (κ3) is 14.0. The van der Waals surface area contributed by atoms with Crippen LogP contribution < -0.4 is 0 Å². The summed E-state index contributed by atoms with van der Waals surface area (Å²) in [6.45, 7) is 5.20. The van der Waals surface area contributed by atoms with Gasteiger partial charge in [-0.05, 0) is 31.0 Å². The lowest BCUT2D eigenvalue weighted by atomic mass is 10.0. The van der Waals surface area contributed by atoms with Crippen molar-refractivity contribution in [3.63, 3.8) is 0 Å². The molecule has 1 rings (SSSR count). The zero-order valence-corrected chi connectivity index (χ0v) is 18.8. The highest BCUT2D eigenvalue weighted by atomic mass is 16.5. The molecule has 0 bridgehead atoms. The van der Waals surface area contributed by atoms with E-state index in [2.05, 4.69) is 13.8 Å². The molecule has 1 aromatic carbocycles. The summed E-state index contributed by atoms with van der Waals surface area (Å²) in [6.07, 6.45) is 22.5. The minimum Gasteiger partial charge on any atom is -0.508 e. The molecular formula is C26H46O2. The van der Waals surface area contributed by atoms with Gasteiger partial charge in [0.25, 0.3) is 0 Å². The molecule has 162 valence electrons. The lowest BCUT2D eigenvalue weighted by Gasteiger charge is -2.13. The van der Waals surface area contributed by atoms with Crippen LogP contribution in [0.2, 0.25) is 0 Å². The third-order valence-electron chi connectivity index (χ3n) is 5.73. The number of aromatic hydroxyl groups is 1. The number of phenols is 1. The first-order chi connectivity index (χ1) is 13.7. The molecular weight excluding hydrogens is 344 g/mol. The summed E-state index contributed by atoms with van der Waals surface area (Å²) >= 11 is 0. The molecule has 0 saturated heterocycles. The zero-order valence-electron chi connectivity index (χ0n) is 18.8. The quantitative estimate of drug-likeness (QED) is 0.239. The number of rotatable bonds is 19. The number of phenolic OH excluding ortho intramolecular Hbond substituents is 1. The molecule has 0 heterocycles. The summed E-state index contributed by atoms with van der Waals surface area (Å²) in [5.41, 5.74) is 1.13. The van der Waals surface area contributed by atoms with Crippen molar-refractivity contribution in [2.75, 3.05) is 6.61 Å². The van der Waals surface area contributed by atoms with Crippen molar-refractivity contribution in [2.45, 2.75) is 123 Å². The summed E-state index contributed by atoms with van der Waals surface area (Å²) in [4.78, 5) is 0. The van der Waals surface area contributed by atoms with Crippen molar-refractivity contribution in [1.82, 2.24) is 0 Å². The van der Waals surface area contributed by atoms with Crippen LogP contribution in [0, 0.1) is 0 Å². The Morgan fingerprint density at radius 1 is 0.643 bits per heavy atom. The Morgan fingerprint density at radius 3 is 1.46 bits per heavy atom. The largest absolute Gasteiger partial charge is 0.508 e. The van der Waals surface area contributed by atoms with E-state index in [0.29, 0.717) is 5.75 Å². The molecule has 28 heavy (non-hydrogen) atoms. The van der Waals surface area contributed by atoms with Crippen molar-refractivity contribution in [3.8, 4) is 5.75 Å². The van der Waals surface area contributed by atoms with Gasteiger partial charge in [-0.3, -0.25) is 0 Å². The number of unbranched alkanes of at least 4 members (excludes halogenated alkanes) is 15. The first-order valence-electron chi connectivity index (χ1n) is 12.1. The zero-order chi connectivity index (χ0) is 20.3. The van der Waals surface area contributed by atoms with E-state index >= 15 is 0 Å². The first kappa shape index (κ1) is 25.0. The third-order valence-corrected chi connectivity index (χ3v) is 5.73. The second-order valence-electron chi connectivity index (χ2n) is 8.41. The summed E-state index contributed by atoms with van der Waals surface area (Å²) in [7, 11) is 0. The Kier molecular flexibility index (Phi) is 16.1. The smallest absolute Gasteiger partial charge is 0.115 e. The van der Waals surface area contributed by atoms with Crippen LogP contribution in [-0.2, 0) is 4.74 Å². The van der Waals surface area contributed by atoms with Crippen molar-refractivity contribution in [2.24, 2.45) is 0 Å². The molecule has 1 unspecified atom stereocenters.